The third-order valence-electron chi connectivity index (χ3n) is 1.05. The van der Waals surface area contributed by atoms with E-state index in [0.717, 1.165) is 18.5 Å². The molecule has 0 aliphatic heterocycles. The summed E-state index contributed by atoms with van der Waals surface area (Å²) in [6.07, 6.45) is 0. The van der Waals surface area contributed by atoms with Crippen molar-refractivity contribution in [3.8, 4) is 0 Å². The molecule has 0 saturated heterocycles. The van der Waals surface area contributed by atoms with Gasteiger partial charge in [0.2, 0.25) is 0 Å². The maximum absolute atomic E-state index is 5.29. The van der Waals surface area contributed by atoms with Crippen molar-refractivity contribution in [3.05, 3.63) is 22.4 Å². The van der Waals surface area contributed by atoms with E-state index < -0.39 is 0 Å². The molecule has 0 spiro atoms. The van der Waals surface area contributed by atoms with E-state index in [1.54, 1.807) is 11.3 Å². The molecule has 1 aromatic heterocycles. The van der Waals surface area contributed by atoms with Crippen LogP contribution in [0.2, 0.25) is 0 Å². The third kappa shape index (κ3) is 2.82. The average molecular weight is 221 g/mol. The van der Waals surface area contributed by atoms with E-state index in [0.29, 0.717) is 0 Å². The molecule has 1 heterocycles. The highest BCUT2D eigenvalue weighted by Gasteiger charge is 1.91. The highest BCUT2D eigenvalue weighted by atomic mass is 79.9. The van der Waals surface area contributed by atoms with Crippen molar-refractivity contribution in [2.24, 2.45) is 0 Å². The maximum Gasteiger partial charge on any atom is 0.0809 e. The van der Waals surface area contributed by atoms with Crippen molar-refractivity contribution in [2.45, 2.75) is 6.61 Å². The molecular weight excluding hydrogens is 212 g/mol. The fourth-order valence-electron chi connectivity index (χ4n) is 0.622. The fraction of sp³-hybridized carbons (Fsp3) is 0.429. The molecule has 3 heteroatoms. The highest BCUT2D eigenvalue weighted by molar-refractivity contribution is 9.09. The van der Waals surface area contributed by atoms with Crippen LogP contribution in [0.1, 0.15) is 4.88 Å². The van der Waals surface area contributed by atoms with E-state index in [1.165, 1.54) is 4.88 Å². The van der Waals surface area contributed by atoms with Gasteiger partial charge in [-0.1, -0.05) is 22.0 Å². The summed E-state index contributed by atoms with van der Waals surface area (Å²) in [5.41, 5.74) is 0. The zero-order valence-electron chi connectivity index (χ0n) is 5.55. The summed E-state index contributed by atoms with van der Waals surface area (Å²) in [5, 5.41) is 2.98. The van der Waals surface area contributed by atoms with Crippen molar-refractivity contribution in [3.63, 3.8) is 0 Å². The lowest BCUT2D eigenvalue weighted by atomic mass is 10.5. The molecule has 10 heavy (non-hydrogen) atoms. The SMILES string of the molecule is BrCCOCc1cccs1. The van der Waals surface area contributed by atoms with Gasteiger partial charge in [-0.2, -0.15) is 0 Å². The average Bonchev–Trinajstić information content (AvgIpc) is 2.41. The second-order valence-corrected chi connectivity index (χ2v) is 3.65. The van der Waals surface area contributed by atoms with Crippen LogP contribution in [0.3, 0.4) is 0 Å². The minimum atomic E-state index is 0.753. The summed E-state index contributed by atoms with van der Waals surface area (Å²) in [4.78, 5) is 1.29. The summed E-state index contributed by atoms with van der Waals surface area (Å²) >= 11 is 5.03. The van der Waals surface area contributed by atoms with Crippen LogP contribution in [-0.4, -0.2) is 11.9 Å². The van der Waals surface area contributed by atoms with E-state index in [4.69, 9.17) is 4.74 Å². The number of hydrogen-bond donors (Lipinski definition) is 0. The van der Waals surface area contributed by atoms with Gasteiger partial charge in [-0.25, -0.2) is 0 Å². The Balaban J connectivity index is 2.15. The fourth-order valence-corrected chi connectivity index (χ4v) is 1.49. The lowest BCUT2D eigenvalue weighted by Gasteiger charge is -1.96. The predicted molar refractivity (Wildman–Crippen MR) is 47.8 cm³/mol. The zero-order chi connectivity index (χ0) is 7.23. The van der Waals surface area contributed by atoms with Crippen LogP contribution >= 0.6 is 27.3 Å². The number of hydrogen-bond acceptors (Lipinski definition) is 2. The molecular formula is C7H9BrOS. The number of rotatable bonds is 4. The number of halogens is 1. The summed E-state index contributed by atoms with van der Waals surface area (Å²) in [7, 11) is 0. The van der Waals surface area contributed by atoms with E-state index in [-0.39, 0.29) is 0 Å². The van der Waals surface area contributed by atoms with Crippen LogP contribution in [0, 0.1) is 0 Å². The Bertz CT molecular complexity index is 162. The van der Waals surface area contributed by atoms with E-state index in [1.807, 2.05) is 6.07 Å². The topological polar surface area (TPSA) is 9.23 Å². The maximum atomic E-state index is 5.29. The van der Waals surface area contributed by atoms with Crippen LogP contribution in [0.5, 0.6) is 0 Å². The quantitative estimate of drug-likeness (QED) is 0.561. The first-order valence-corrected chi connectivity index (χ1v) is 5.09. The van der Waals surface area contributed by atoms with Gasteiger partial charge >= 0.3 is 0 Å². The molecule has 1 aromatic rings. The lowest BCUT2D eigenvalue weighted by molar-refractivity contribution is 0.139. The first-order chi connectivity index (χ1) is 4.93. The zero-order valence-corrected chi connectivity index (χ0v) is 7.95. The molecule has 1 rings (SSSR count). The summed E-state index contributed by atoms with van der Waals surface area (Å²) in [6, 6.07) is 4.12. The number of alkyl halides is 1. The molecule has 0 aliphatic rings. The Kier molecular flexibility index (Phi) is 4.02. The normalized spacial score (nSPS) is 10.1. The smallest absolute Gasteiger partial charge is 0.0809 e. The predicted octanol–water partition coefficient (Wildman–Crippen LogP) is 2.66. The molecule has 0 unspecified atom stereocenters. The van der Waals surface area contributed by atoms with Crippen LogP contribution in [0.15, 0.2) is 17.5 Å². The largest absolute Gasteiger partial charge is 0.375 e. The Morgan fingerprint density at radius 2 is 2.50 bits per heavy atom. The molecule has 0 bridgehead atoms. The van der Waals surface area contributed by atoms with Crippen molar-refractivity contribution in [1.82, 2.24) is 0 Å². The molecule has 0 aromatic carbocycles. The van der Waals surface area contributed by atoms with Crippen LogP contribution in [0.25, 0.3) is 0 Å². The Hall–Kier alpha value is 0.140. The molecule has 0 aliphatic carbocycles. The third-order valence-corrected chi connectivity index (χ3v) is 2.22. The van der Waals surface area contributed by atoms with Crippen LogP contribution < -0.4 is 0 Å². The molecule has 0 amide bonds. The van der Waals surface area contributed by atoms with Gasteiger partial charge in [0, 0.05) is 10.2 Å². The monoisotopic (exact) mass is 220 g/mol. The van der Waals surface area contributed by atoms with Crippen LogP contribution in [0.4, 0.5) is 0 Å². The summed E-state index contributed by atoms with van der Waals surface area (Å²) in [5.74, 6) is 0. The second-order valence-electron chi connectivity index (χ2n) is 1.82. The first kappa shape index (κ1) is 8.24. The Morgan fingerprint density at radius 3 is 3.10 bits per heavy atom. The van der Waals surface area contributed by atoms with Crippen molar-refractivity contribution < 1.29 is 4.74 Å². The number of ether oxygens (including phenoxy) is 1. The van der Waals surface area contributed by atoms with Gasteiger partial charge < -0.3 is 4.74 Å². The van der Waals surface area contributed by atoms with Gasteiger partial charge in [-0.05, 0) is 11.4 Å². The first-order valence-electron chi connectivity index (χ1n) is 3.09. The summed E-state index contributed by atoms with van der Waals surface area (Å²) in [6.45, 7) is 1.54. The van der Waals surface area contributed by atoms with Gasteiger partial charge in [0.05, 0.1) is 13.2 Å². The lowest BCUT2D eigenvalue weighted by Crippen LogP contribution is -1.93. The Labute approximate surface area is 73.1 Å². The molecule has 0 radical (unpaired) electrons. The highest BCUT2D eigenvalue weighted by Crippen LogP contribution is 2.09. The van der Waals surface area contributed by atoms with E-state index in [2.05, 4.69) is 27.4 Å². The molecule has 56 valence electrons. The minimum Gasteiger partial charge on any atom is -0.375 e. The van der Waals surface area contributed by atoms with Crippen molar-refractivity contribution in [1.29, 1.82) is 0 Å². The van der Waals surface area contributed by atoms with Crippen molar-refractivity contribution in [2.75, 3.05) is 11.9 Å². The number of thiophene rings is 1. The van der Waals surface area contributed by atoms with Gasteiger partial charge in [0.15, 0.2) is 0 Å². The van der Waals surface area contributed by atoms with Gasteiger partial charge in [-0.15, -0.1) is 11.3 Å². The Morgan fingerprint density at radius 1 is 1.60 bits per heavy atom. The second kappa shape index (κ2) is 4.88. The minimum absolute atomic E-state index is 0.753. The standard InChI is InChI=1S/C7H9BrOS/c8-3-4-9-6-7-2-1-5-10-7/h1-2,5H,3-4,6H2. The van der Waals surface area contributed by atoms with Gasteiger partial charge in [0.1, 0.15) is 0 Å². The molecule has 0 saturated carbocycles. The molecule has 0 fully saturated rings. The van der Waals surface area contributed by atoms with E-state index in [9.17, 15) is 0 Å². The van der Waals surface area contributed by atoms with Crippen molar-refractivity contribution >= 4 is 27.3 Å². The van der Waals surface area contributed by atoms with Crippen LogP contribution in [-0.2, 0) is 11.3 Å². The molecule has 1 nitrogen and oxygen atoms in total. The van der Waals surface area contributed by atoms with Gasteiger partial charge in [0.25, 0.3) is 0 Å². The van der Waals surface area contributed by atoms with E-state index >= 15 is 0 Å². The summed E-state index contributed by atoms with van der Waals surface area (Å²) < 4.78 is 5.29. The molecule has 0 atom stereocenters. The molecule has 0 N–H and O–H groups in total. The van der Waals surface area contributed by atoms with Gasteiger partial charge in [-0.3, -0.25) is 0 Å².